The highest BCUT2D eigenvalue weighted by molar-refractivity contribution is 14.0. The van der Waals surface area contributed by atoms with Crippen molar-refractivity contribution in [3.05, 3.63) is 59.8 Å². The number of aromatic nitrogens is 1. The predicted molar refractivity (Wildman–Crippen MR) is 131 cm³/mol. The van der Waals surface area contributed by atoms with Crippen LogP contribution in [0, 0.1) is 11.8 Å². The summed E-state index contributed by atoms with van der Waals surface area (Å²) in [6, 6.07) is 13.9. The Morgan fingerprint density at radius 1 is 1.23 bits per heavy atom. The summed E-state index contributed by atoms with van der Waals surface area (Å²) in [7, 11) is 1.44. The van der Waals surface area contributed by atoms with Gasteiger partial charge in [0.1, 0.15) is 6.61 Å². The van der Waals surface area contributed by atoms with Crippen molar-refractivity contribution in [2.45, 2.75) is 27.0 Å². The molecule has 1 saturated heterocycles. The average molecular weight is 538 g/mol. The number of benzene rings is 1. The molecule has 2 atom stereocenters. The maximum atomic E-state index is 12.0. The first-order chi connectivity index (χ1) is 14.6. The van der Waals surface area contributed by atoms with Crippen LogP contribution in [-0.2, 0) is 22.7 Å². The molecule has 3 rings (SSSR count). The van der Waals surface area contributed by atoms with E-state index in [9.17, 15) is 4.79 Å². The first-order valence-electron chi connectivity index (χ1n) is 10.3. The first kappa shape index (κ1) is 24.9. The number of nitrogens with zero attached hydrogens (tertiary/aromatic N) is 3. The third-order valence-corrected chi connectivity index (χ3v) is 5.19. The second kappa shape index (κ2) is 12.5. The van der Waals surface area contributed by atoms with Crippen LogP contribution < -0.4 is 10.1 Å². The molecule has 168 valence electrons. The summed E-state index contributed by atoms with van der Waals surface area (Å²) >= 11 is 0. The molecule has 2 unspecified atom stereocenters. The Labute approximate surface area is 201 Å². The average Bonchev–Trinajstić information content (AvgIpc) is 3.17. The summed E-state index contributed by atoms with van der Waals surface area (Å²) < 4.78 is 10.8. The van der Waals surface area contributed by atoms with Crippen LogP contribution in [0.1, 0.15) is 25.0 Å². The lowest BCUT2D eigenvalue weighted by molar-refractivity contribution is -0.145. The zero-order valence-corrected chi connectivity index (χ0v) is 20.6. The maximum Gasteiger partial charge on any atom is 0.310 e. The summed E-state index contributed by atoms with van der Waals surface area (Å²) in [5, 5.41) is 3.33. The van der Waals surface area contributed by atoms with Crippen LogP contribution >= 0.6 is 24.0 Å². The van der Waals surface area contributed by atoms with Gasteiger partial charge in [-0.3, -0.25) is 4.79 Å². The van der Waals surface area contributed by atoms with E-state index in [1.807, 2.05) is 49.4 Å². The molecule has 0 bridgehead atoms. The van der Waals surface area contributed by atoms with Gasteiger partial charge in [0.05, 0.1) is 19.6 Å². The number of hydrogen-bond acceptors (Lipinski definition) is 5. The Balaban J connectivity index is 0.00000341. The molecular formula is C23H31IN4O3. The number of carbonyl (C=O) groups excluding carboxylic acids is 1. The quantitative estimate of drug-likeness (QED) is 0.252. The smallest absolute Gasteiger partial charge is 0.310 e. The molecule has 1 aliphatic rings. The van der Waals surface area contributed by atoms with Gasteiger partial charge in [-0.1, -0.05) is 37.3 Å². The van der Waals surface area contributed by atoms with Crippen molar-refractivity contribution in [3.63, 3.8) is 0 Å². The highest BCUT2D eigenvalue weighted by Gasteiger charge is 2.36. The van der Waals surface area contributed by atoms with Crippen LogP contribution in [0.3, 0.4) is 0 Å². The fourth-order valence-corrected chi connectivity index (χ4v) is 3.55. The second-order valence-electron chi connectivity index (χ2n) is 7.46. The number of aliphatic imine (C=N–C) groups is 1. The van der Waals surface area contributed by atoms with E-state index in [1.165, 1.54) is 7.11 Å². The van der Waals surface area contributed by atoms with Crippen molar-refractivity contribution in [1.29, 1.82) is 0 Å². The zero-order chi connectivity index (χ0) is 21.3. The van der Waals surface area contributed by atoms with Gasteiger partial charge in [-0.15, -0.1) is 24.0 Å². The van der Waals surface area contributed by atoms with Crippen molar-refractivity contribution in [1.82, 2.24) is 15.2 Å². The van der Waals surface area contributed by atoms with Crippen LogP contribution in [0.5, 0.6) is 5.88 Å². The van der Waals surface area contributed by atoms with Crippen LogP contribution in [0.4, 0.5) is 0 Å². The molecule has 0 saturated carbocycles. The van der Waals surface area contributed by atoms with Gasteiger partial charge in [-0.25, -0.2) is 9.98 Å². The molecule has 1 aromatic carbocycles. The fraction of sp³-hybridized carbons (Fsp3) is 0.435. The molecule has 1 fully saturated rings. The van der Waals surface area contributed by atoms with Gasteiger partial charge in [0.15, 0.2) is 5.96 Å². The lowest BCUT2D eigenvalue weighted by Crippen LogP contribution is -2.40. The number of esters is 1. The lowest BCUT2D eigenvalue weighted by atomic mass is 9.99. The molecular weight excluding hydrogens is 507 g/mol. The number of carbonyl (C=O) groups is 1. The van der Waals surface area contributed by atoms with Crippen molar-refractivity contribution in [2.75, 3.05) is 26.7 Å². The van der Waals surface area contributed by atoms with Crippen molar-refractivity contribution < 1.29 is 14.3 Å². The molecule has 1 aliphatic heterocycles. The highest BCUT2D eigenvalue weighted by Crippen LogP contribution is 2.24. The normalized spacial score (nSPS) is 18.3. The Bertz CT molecular complexity index is 863. The topological polar surface area (TPSA) is 76.1 Å². The third kappa shape index (κ3) is 7.09. The molecule has 1 N–H and O–H groups in total. The number of methoxy groups -OCH3 is 1. The Morgan fingerprint density at radius 3 is 2.71 bits per heavy atom. The minimum absolute atomic E-state index is 0. The number of halogens is 1. The predicted octanol–water partition coefficient (Wildman–Crippen LogP) is 3.49. The number of ether oxygens (including phenoxy) is 2. The van der Waals surface area contributed by atoms with Gasteiger partial charge < -0.3 is 19.7 Å². The lowest BCUT2D eigenvalue weighted by Gasteiger charge is -2.21. The van der Waals surface area contributed by atoms with Crippen LogP contribution in [0.2, 0.25) is 0 Å². The summed E-state index contributed by atoms with van der Waals surface area (Å²) in [5.41, 5.74) is 2.11. The van der Waals surface area contributed by atoms with Gasteiger partial charge in [-0.05, 0) is 30.0 Å². The first-order valence-corrected chi connectivity index (χ1v) is 10.3. The molecule has 1 aromatic heterocycles. The minimum Gasteiger partial charge on any atom is -0.473 e. The fourth-order valence-electron chi connectivity index (χ4n) is 3.55. The van der Waals surface area contributed by atoms with Crippen LogP contribution in [-0.4, -0.2) is 48.6 Å². The summed E-state index contributed by atoms with van der Waals surface area (Å²) in [6.07, 6.45) is 1.74. The van der Waals surface area contributed by atoms with E-state index in [1.54, 1.807) is 6.20 Å². The zero-order valence-electron chi connectivity index (χ0n) is 18.3. The largest absolute Gasteiger partial charge is 0.473 e. The minimum atomic E-state index is -0.157. The third-order valence-electron chi connectivity index (χ3n) is 5.19. The van der Waals surface area contributed by atoms with Gasteiger partial charge in [0.2, 0.25) is 5.88 Å². The molecule has 0 spiro atoms. The van der Waals surface area contributed by atoms with Crippen molar-refractivity contribution in [3.8, 4) is 5.88 Å². The van der Waals surface area contributed by atoms with E-state index in [2.05, 4.69) is 22.1 Å². The van der Waals surface area contributed by atoms with Crippen molar-refractivity contribution >= 4 is 35.9 Å². The summed E-state index contributed by atoms with van der Waals surface area (Å²) in [6.45, 7) is 7.23. The second-order valence-corrected chi connectivity index (χ2v) is 7.46. The molecule has 0 amide bonds. The number of guanidine groups is 1. The van der Waals surface area contributed by atoms with Gasteiger partial charge in [0, 0.05) is 31.9 Å². The Hall–Kier alpha value is -2.36. The molecule has 31 heavy (non-hydrogen) atoms. The van der Waals surface area contributed by atoms with Crippen LogP contribution in [0.15, 0.2) is 53.7 Å². The van der Waals surface area contributed by atoms with Gasteiger partial charge >= 0.3 is 5.97 Å². The highest BCUT2D eigenvalue weighted by atomic mass is 127. The summed E-state index contributed by atoms with van der Waals surface area (Å²) in [4.78, 5) is 23.2. The number of pyridine rings is 1. The SMILES string of the molecule is CCNC(=NCc1ccnc(OCc2ccccc2)c1)N1CC(C)C(C(=O)OC)C1.I. The summed E-state index contributed by atoms with van der Waals surface area (Å²) in [5.74, 6) is 1.32. The monoisotopic (exact) mass is 538 g/mol. The Morgan fingerprint density at radius 2 is 2.00 bits per heavy atom. The van der Waals surface area contributed by atoms with E-state index in [-0.39, 0.29) is 41.8 Å². The molecule has 2 heterocycles. The standard InChI is InChI=1S/C23H30N4O3.HI/c1-4-24-23(27-14-17(2)20(15-27)22(28)29-3)26-13-19-10-11-25-21(12-19)30-16-18-8-6-5-7-9-18;/h5-12,17,20H,4,13-16H2,1-3H3,(H,24,26);1H. The number of rotatable bonds is 7. The maximum absolute atomic E-state index is 12.0. The van der Waals surface area contributed by atoms with Gasteiger partial charge in [0.25, 0.3) is 0 Å². The van der Waals surface area contributed by atoms with Crippen LogP contribution in [0.25, 0.3) is 0 Å². The van der Waals surface area contributed by atoms with E-state index < -0.39 is 0 Å². The van der Waals surface area contributed by atoms with Crippen molar-refractivity contribution in [2.24, 2.45) is 16.8 Å². The molecule has 7 nitrogen and oxygen atoms in total. The Kier molecular flexibility index (Phi) is 10.0. The molecule has 8 heteroatoms. The van der Waals surface area contributed by atoms with Gasteiger partial charge in [-0.2, -0.15) is 0 Å². The number of likely N-dealkylation sites (tertiary alicyclic amines) is 1. The van der Waals surface area contributed by atoms with E-state index in [0.29, 0.717) is 25.6 Å². The molecule has 2 aromatic rings. The van der Waals surface area contributed by atoms with E-state index >= 15 is 0 Å². The number of hydrogen-bond donors (Lipinski definition) is 1. The van der Waals surface area contributed by atoms with E-state index in [4.69, 9.17) is 14.5 Å². The van der Waals surface area contributed by atoms with E-state index in [0.717, 1.165) is 30.2 Å². The molecule has 0 radical (unpaired) electrons. The molecule has 0 aliphatic carbocycles. The number of nitrogens with one attached hydrogen (secondary N) is 1.